The normalized spacial score (nSPS) is 10.0. The number of amides is 1. The molecule has 6 nitrogen and oxygen atoms in total. The lowest BCUT2D eigenvalue weighted by molar-refractivity contribution is 0.102. The first kappa shape index (κ1) is 15.7. The number of fused-ring (bicyclic) bond motifs is 1. The van der Waals surface area contributed by atoms with Gasteiger partial charge in [-0.3, -0.25) is 9.59 Å². The first-order valence-corrected chi connectivity index (χ1v) is 6.56. The van der Waals surface area contributed by atoms with Gasteiger partial charge < -0.3 is 15.8 Å². The zero-order valence-electron chi connectivity index (χ0n) is 11.3. The molecule has 0 aliphatic heterocycles. The first-order valence-electron chi connectivity index (χ1n) is 6.18. The van der Waals surface area contributed by atoms with Crippen LogP contribution < -0.4 is 10.7 Å². The highest BCUT2D eigenvalue weighted by Gasteiger charge is 2.13. The molecule has 2 heterocycles. The summed E-state index contributed by atoms with van der Waals surface area (Å²) in [6.07, 6.45) is 2.82. The van der Waals surface area contributed by atoms with E-state index in [1.54, 1.807) is 30.3 Å². The van der Waals surface area contributed by atoms with Crippen LogP contribution in [0.5, 0.6) is 0 Å². The Morgan fingerprint density at radius 1 is 1.18 bits per heavy atom. The lowest BCUT2D eigenvalue weighted by Crippen LogP contribution is -2.22. The van der Waals surface area contributed by atoms with E-state index in [2.05, 4.69) is 15.3 Å². The number of hydrogen-bond donors (Lipinski definition) is 2. The highest BCUT2D eigenvalue weighted by atomic mass is 35.5. The molecular formula is C15H12ClN3O3. The van der Waals surface area contributed by atoms with Gasteiger partial charge in [0.15, 0.2) is 0 Å². The van der Waals surface area contributed by atoms with Crippen molar-refractivity contribution in [3.05, 3.63) is 69.6 Å². The second-order valence-corrected chi connectivity index (χ2v) is 4.83. The van der Waals surface area contributed by atoms with Gasteiger partial charge in [-0.2, -0.15) is 0 Å². The lowest BCUT2D eigenvalue weighted by Gasteiger charge is -2.05. The Hall–Kier alpha value is -2.70. The van der Waals surface area contributed by atoms with Crippen molar-refractivity contribution in [2.75, 3.05) is 5.32 Å². The largest absolute Gasteiger partial charge is 0.412 e. The monoisotopic (exact) mass is 317 g/mol. The number of anilines is 1. The molecule has 0 saturated carbocycles. The number of halogens is 1. The van der Waals surface area contributed by atoms with Crippen molar-refractivity contribution in [1.82, 2.24) is 9.97 Å². The highest BCUT2D eigenvalue weighted by molar-refractivity contribution is 6.30. The predicted octanol–water partition coefficient (Wildman–Crippen LogP) is 2.00. The summed E-state index contributed by atoms with van der Waals surface area (Å²) in [4.78, 5) is 31.3. The van der Waals surface area contributed by atoms with E-state index in [1.165, 1.54) is 12.4 Å². The minimum absolute atomic E-state index is 0. The van der Waals surface area contributed by atoms with Crippen molar-refractivity contribution in [2.24, 2.45) is 0 Å². The van der Waals surface area contributed by atoms with E-state index < -0.39 is 5.91 Å². The molecule has 22 heavy (non-hydrogen) atoms. The third-order valence-electron chi connectivity index (χ3n) is 3.00. The molecule has 3 rings (SSSR count). The predicted molar refractivity (Wildman–Crippen MR) is 85.4 cm³/mol. The summed E-state index contributed by atoms with van der Waals surface area (Å²) in [6, 6.07) is 10.2. The van der Waals surface area contributed by atoms with Gasteiger partial charge in [0, 0.05) is 23.3 Å². The van der Waals surface area contributed by atoms with E-state index in [4.69, 9.17) is 11.6 Å². The third kappa shape index (κ3) is 2.98. The number of rotatable bonds is 2. The summed E-state index contributed by atoms with van der Waals surface area (Å²) >= 11 is 5.73. The molecule has 0 atom stereocenters. The molecule has 0 fully saturated rings. The number of pyridine rings is 2. The van der Waals surface area contributed by atoms with Crippen LogP contribution in [0.4, 0.5) is 5.82 Å². The van der Waals surface area contributed by atoms with Crippen molar-refractivity contribution in [1.29, 1.82) is 0 Å². The van der Waals surface area contributed by atoms with Crippen LogP contribution in [-0.4, -0.2) is 21.4 Å². The summed E-state index contributed by atoms with van der Waals surface area (Å²) in [5.74, 6) is -0.186. The number of hydrogen-bond acceptors (Lipinski definition) is 3. The number of H-pyrrole nitrogens is 1. The van der Waals surface area contributed by atoms with Crippen molar-refractivity contribution in [2.45, 2.75) is 0 Å². The number of benzene rings is 1. The Morgan fingerprint density at radius 3 is 2.68 bits per heavy atom. The molecule has 0 spiro atoms. The van der Waals surface area contributed by atoms with E-state index in [9.17, 15) is 9.59 Å². The maximum atomic E-state index is 12.3. The van der Waals surface area contributed by atoms with Gasteiger partial charge in [0.1, 0.15) is 11.4 Å². The Morgan fingerprint density at radius 2 is 1.95 bits per heavy atom. The summed E-state index contributed by atoms with van der Waals surface area (Å²) in [7, 11) is 0. The van der Waals surface area contributed by atoms with Crippen LogP contribution in [0.3, 0.4) is 0 Å². The van der Waals surface area contributed by atoms with E-state index in [1.807, 2.05) is 6.07 Å². The second-order valence-electron chi connectivity index (χ2n) is 4.39. The maximum absolute atomic E-state index is 12.3. The lowest BCUT2D eigenvalue weighted by atomic mass is 10.1. The van der Waals surface area contributed by atoms with Crippen molar-refractivity contribution < 1.29 is 10.3 Å². The van der Waals surface area contributed by atoms with E-state index in [0.29, 0.717) is 21.7 Å². The molecule has 4 N–H and O–H groups in total. The Kier molecular flexibility index (Phi) is 4.55. The summed E-state index contributed by atoms with van der Waals surface area (Å²) in [6.45, 7) is 0. The molecule has 1 aromatic carbocycles. The van der Waals surface area contributed by atoms with E-state index in [-0.39, 0.29) is 16.5 Å². The fourth-order valence-electron chi connectivity index (χ4n) is 1.97. The van der Waals surface area contributed by atoms with Gasteiger partial charge in [0.05, 0.1) is 5.02 Å². The number of carbonyl (C=O) groups excluding carboxylic acids is 1. The summed E-state index contributed by atoms with van der Waals surface area (Å²) in [5, 5.41) is 3.50. The average Bonchev–Trinajstić information content (AvgIpc) is 2.50. The standard InChI is InChI=1S/C15H10ClN3O2.H2O/c16-9-5-6-13(18-7-9)19-15(21)11-8-17-12-4-2-1-3-10(12)14(11)20;/h1-8H,(H,17,20)(H,18,19,21);1H2. The highest BCUT2D eigenvalue weighted by Crippen LogP contribution is 2.11. The number of nitrogens with one attached hydrogen (secondary N) is 2. The van der Waals surface area contributed by atoms with Crippen LogP contribution in [0.15, 0.2) is 53.6 Å². The molecule has 112 valence electrons. The van der Waals surface area contributed by atoms with Gasteiger partial charge in [-0.25, -0.2) is 4.98 Å². The van der Waals surface area contributed by atoms with Crippen LogP contribution in [-0.2, 0) is 0 Å². The van der Waals surface area contributed by atoms with Crippen molar-refractivity contribution >= 4 is 34.2 Å². The molecule has 0 aliphatic rings. The van der Waals surface area contributed by atoms with Gasteiger partial charge in [-0.1, -0.05) is 23.7 Å². The van der Waals surface area contributed by atoms with Crippen LogP contribution in [0, 0.1) is 0 Å². The number of nitrogens with zero attached hydrogens (tertiary/aromatic N) is 1. The zero-order valence-corrected chi connectivity index (χ0v) is 12.0. The minimum atomic E-state index is -0.517. The molecule has 1 amide bonds. The first-order chi connectivity index (χ1) is 10.1. The molecule has 0 unspecified atom stereocenters. The minimum Gasteiger partial charge on any atom is -0.412 e. The summed E-state index contributed by atoms with van der Waals surface area (Å²) < 4.78 is 0. The van der Waals surface area contributed by atoms with Gasteiger partial charge in [0.2, 0.25) is 5.43 Å². The Bertz CT molecular complexity index is 875. The van der Waals surface area contributed by atoms with Gasteiger partial charge in [-0.05, 0) is 24.3 Å². The third-order valence-corrected chi connectivity index (χ3v) is 3.23. The fourth-order valence-corrected chi connectivity index (χ4v) is 2.08. The average molecular weight is 318 g/mol. The fraction of sp³-hybridized carbons (Fsp3) is 0. The van der Waals surface area contributed by atoms with Crippen molar-refractivity contribution in [3.8, 4) is 0 Å². The van der Waals surface area contributed by atoms with Gasteiger partial charge in [0.25, 0.3) is 5.91 Å². The van der Waals surface area contributed by atoms with E-state index >= 15 is 0 Å². The van der Waals surface area contributed by atoms with Crippen LogP contribution in [0.1, 0.15) is 10.4 Å². The SMILES string of the molecule is O.O=C(Nc1ccc(Cl)cn1)c1c[nH]c2ccccc2c1=O. The Labute approximate surface area is 130 Å². The molecule has 0 aliphatic carbocycles. The maximum Gasteiger partial charge on any atom is 0.262 e. The van der Waals surface area contributed by atoms with Crippen molar-refractivity contribution in [3.63, 3.8) is 0 Å². The number of carbonyl (C=O) groups is 1. The number of aromatic amines is 1. The molecular weight excluding hydrogens is 306 g/mol. The molecule has 7 heteroatoms. The molecule has 0 bridgehead atoms. The molecule has 2 aromatic heterocycles. The quantitative estimate of drug-likeness (QED) is 0.754. The molecule has 0 radical (unpaired) electrons. The second kappa shape index (κ2) is 6.38. The zero-order chi connectivity index (χ0) is 14.8. The van der Waals surface area contributed by atoms with Crippen LogP contribution >= 0.6 is 11.6 Å². The molecule has 0 saturated heterocycles. The smallest absolute Gasteiger partial charge is 0.262 e. The van der Waals surface area contributed by atoms with Gasteiger partial charge >= 0.3 is 0 Å². The summed E-state index contributed by atoms with van der Waals surface area (Å²) in [5.41, 5.74) is 0.393. The Balaban J connectivity index is 0.00000176. The number of aromatic nitrogens is 2. The number of para-hydroxylation sites is 1. The van der Waals surface area contributed by atoms with Crippen LogP contribution in [0.25, 0.3) is 10.9 Å². The van der Waals surface area contributed by atoms with Crippen LogP contribution in [0.2, 0.25) is 5.02 Å². The topological polar surface area (TPSA) is 106 Å². The van der Waals surface area contributed by atoms with Gasteiger partial charge in [-0.15, -0.1) is 0 Å². The van der Waals surface area contributed by atoms with E-state index in [0.717, 1.165) is 0 Å². The molecule has 3 aromatic rings.